The first kappa shape index (κ1) is 15.2. The maximum absolute atomic E-state index is 13.9. The average molecular weight is 331 g/mol. The van der Waals surface area contributed by atoms with Gasteiger partial charge in [-0.3, -0.25) is 4.79 Å². The Labute approximate surface area is 144 Å². The highest BCUT2D eigenvalue weighted by Gasteiger charge is 2.21. The second-order valence-electron chi connectivity index (χ2n) is 5.68. The molecule has 0 atom stereocenters. The monoisotopic (exact) mass is 331 g/mol. The van der Waals surface area contributed by atoms with Gasteiger partial charge in [-0.2, -0.15) is 4.99 Å². The van der Waals surface area contributed by atoms with Gasteiger partial charge in [-0.15, -0.1) is 0 Å². The molecule has 0 aliphatic carbocycles. The molecule has 4 nitrogen and oxygen atoms in total. The van der Waals surface area contributed by atoms with Crippen LogP contribution in [0, 0.1) is 5.82 Å². The number of hydrogen-bond donors (Lipinski definition) is 0. The summed E-state index contributed by atoms with van der Waals surface area (Å²) in [6.45, 7) is 0.628. The summed E-state index contributed by atoms with van der Waals surface area (Å²) < 4.78 is 13.9. The van der Waals surface area contributed by atoms with Crippen molar-refractivity contribution >= 4 is 17.6 Å². The van der Waals surface area contributed by atoms with Crippen molar-refractivity contribution in [1.29, 1.82) is 0 Å². The summed E-state index contributed by atoms with van der Waals surface area (Å²) in [5, 5.41) is 0. The van der Waals surface area contributed by atoms with Crippen molar-refractivity contribution < 1.29 is 9.18 Å². The summed E-state index contributed by atoms with van der Waals surface area (Å²) in [6.07, 6.45) is 7.59. The van der Waals surface area contributed by atoms with E-state index < -0.39 is 11.7 Å². The number of amides is 1. The Morgan fingerprint density at radius 1 is 1.08 bits per heavy atom. The predicted octanol–water partition coefficient (Wildman–Crippen LogP) is 3.71. The van der Waals surface area contributed by atoms with Gasteiger partial charge in [0.2, 0.25) is 0 Å². The molecule has 0 radical (unpaired) electrons. The SMILES string of the molecule is O=C(N=C1N=C2C=CC=CN2Cc2ccccc21)c1ccccc1F. The van der Waals surface area contributed by atoms with E-state index in [0.29, 0.717) is 18.2 Å². The van der Waals surface area contributed by atoms with Crippen molar-refractivity contribution in [3.63, 3.8) is 0 Å². The molecule has 5 heteroatoms. The van der Waals surface area contributed by atoms with Gasteiger partial charge in [-0.25, -0.2) is 9.38 Å². The summed E-state index contributed by atoms with van der Waals surface area (Å²) in [5.41, 5.74) is 1.71. The van der Waals surface area contributed by atoms with E-state index in [-0.39, 0.29) is 5.56 Å². The van der Waals surface area contributed by atoms with Crippen molar-refractivity contribution in [2.75, 3.05) is 0 Å². The number of rotatable bonds is 1. The number of halogens is 1. The molecule has 0 fully saturated rings. The zero-order valence-electron chi connectivity index (χ0n) is 13.3. The van der Waals surface area contributed by atoms with Crippen LogP contribution in [0.1, 0.15) is 21.5 Å². The quantitative estimate of drug-likeness (QED) is 0.799. The van der Waals surface area contributed by atoms with Gasteiger partial charge in [-0.05, 0) is 29.8 Å². The lowest BCUT2D eigenvalue weighted by molar-refractivity contribution is 0.0999. The maximum Gasteiger partial charge on any atom is 0.282 e. The van der Waals surface area contributed by atoms with Crippen LogP contribution in [0.4, 0.5) is 4.39 Å². The van der Waals surface area contributed by atoms with Gasteiger partial charge in [0.15, 0.2) is 5.84 Å². The number of carbonyl (C=O) groups is 1. The first-order valence-corrected chi connectivity index (χ1v) is 7.88. The Hall–Kier alpha value is -3.34. The summed E-state index contributed by atoms with van der Waals surface area (Å²) in [7, 11) is 0. The normalized spacial score (nSPS) is 16.9. The lowest BCUT2D eigenvalue weighted by atomic mass is 10.1. The molecule has 122 valence electrons. The van der Waals surface area contributed by atoms with E-state index in [1.807, 2.05) is 53.6 Å². The number of allylic oxidation sites excluding steroid dienone is 2. The second kappa shape index (κ2) is 6.28. The molecule has 25 heavy (non-hydrogen) atoms. The number of aliphatic imine (C=N–C) groups is 2. The van der Waals surface area contributed by atoms with Gasteiger partial charge >= 0.3 is 0 Å². The van der Waals surface area contributed by atoms with E-state index in [1.54, 1.807) is 6.07 Å². The largest absolute Gasteiger partial charge is 0.329 e. The van der Waals surface area contributed by atoms with Crippen LogP contribution in [-0.2, 0) is 6.54 Å². The Morgan fingerprint density at radius 2 is 1.88 bits per heavy atom. The first-order valence-electron chi connectivity index (χ1n) is 7.88. The molecule has 0 unspecified atom stereocenters. The molecule has 0 saturated heterocycles. The number of amidine groups is 2. The van der Waals surface area contributed by atoms with Crippen LogP contribution in [0.3, 0.4) is 0 Å². The van der Waals surface area contributed by atoms with Crippen LogP contribution in [-0.4, -0.2) is 22.5 Å². The van der Waals surface area contributed by atoms with Crippen LogP contribution >= 0.6 is 0 Å². The Balaban J connectivity index is 1.84. The number of nitrogens with zero attached hydrogens (tertiary/aromatic N) is 3. The minimum Gasteiger partial charge on any atom is -0.329 e. The van der Waals surface area contributed by atoms with E-state index in [9.17, 15) is 9.18 Å². The van der Waals surface area contributed by atoms with Crippen LogP contribution in [0.5, 0.6) is 0 Å². The molecule has 0 aromatic heterocycles. The molecule has 2 aliphatic rings. The highest BCUT2D eigenvalue weighted by atomic mass is 19.1. The molecular formula is C20H14FN3O. The number of benzene rings is 2. The van der Waals surface area contributed by atoms with Crippen molar-refractivity contribution in [1.82, 2.24) is 4.90 Å². The molecule has 2 aromatic rings. The number of fused-ring (bicyclic) bond motifs is 2. The third-order valence-corrected chi connectivity index (χ3v) is 4.05. The second-order valence-corrected chi connectivity index (χ2v) is 5.68. The minimum absolute atomic E-state index is 0.0622. The number of hydrogen-bond acceptors (Lipinski definition) is 2. The summed E-state index contributed by atoms with van der Waals surface area (Å²) in [4.78, 5) is 23.1. The van der Waals surface area contributed by atoms with Gasteiger partial charge < -0.3 is 4.90 Å². The van der Waals surface area contributed by atoms with E-state index in [4.69, 9.17) is 0 Å². The van der Waals surface area contributed by atoms with Crippen molar-refractivity contribution in [3.05, 3.63) is 95.5 Å². The van der Waals surface area contributed by atoms with Gasteiger partial charge in [0.1, 0.15) is 11.7 Å². The average Bonchev–Trinajstić information content (AvgIpc) is 2.78. The van der Waals surface area contributed by atoms with E-state index >= 15 is 0 Å². The lowest BCUT2D eigenvalue weighted by Gasteiger charge is -2.20. The fourth-order valence-corrected chi connectivity index (χ4v) is 2.81. The van der Waals surface area contributed by atoms with Gasteiger partial charge in [0, 0.05) is 18.3 Å². The fraction of sp³-hybridized carbons (Fsp3) is 0.0500. The molecule has 2 heterocycles. The summed E-state index contributed by atoms with van der Waals surface area (Å²) >= 11 is 0. The molecule has 4 rings (SSSR count). The van der Waals surface area contributed by atoms with Gasteiger partial charge in [-0.1, -0.05) is 42.5 Å². The number of carbonyl (C=O) groups excluding carboxylic acids is 1. The smallest absolute Gasteiger partial charge is 0.282 e. The van der Waals surface area contributed by atoms with E-state index in [2.05, 4.69) is 9.98 Å². The highest BCUT2D eigenvalue weighted by Crippen LogP contribution is 2.21. The van der Waals surface area contributed by atoms with Crippen molar-refractivity contribution in [2.24, 2.45) is 9.98 Å². The summed E-state index contributed by atoms with van der Waals surface area (Å²) in [5.74, 6) is -0.246. The third-order valence-electron chi connectivity index (χ3n) is 4.05. The fourth-order valence-electron chi connectivity index (χ4n) is 2.81. The molecule has 0 saturated carbocycles. The molecule has 0 N–H and O–H groups in total. The molecule has 0 bridgehead atoms. The van der Waals surface area contributed by atoms with Crippen LogP contribution in [0.15, 0.2) is 82.9 Å². The molecule has 0 spiro atoms. The lowest BCUT2D eigenvalue weighted by Crippen LogP contribution is -2.24. The third kappa shape index (κ3) is 2.92. The summed E-state index contributed by atoms with van der Waals surface area (Å²) in [6, 6.07) is 13.5. The standard InChI is InChI=1S/C20H14FN3O/c21-17-10-4-3-9-16(17)20(25)23-19-15-8-2-1-7-14(15)13-24-12-6-5-11-18(24)22-19/h1-12H,13H2. The molecule has 2 aliphatic heterocycles. The zero-order chi connectivity index (χ0) is 17.2. The maximum atomic E-state index is 13.9. The molecule has 2 aromatic carbocycles. The van der Waals surface area contributed by atoms with Crippen molar-refractivity contribution in [2.45, 2.75) is 6.54 Å². The first-order chi connectivity index (χ1) is 12.2. The minimum atomic E-state index is -0.643. The topological polar surface area (TPSA) is 45.0 Å². The van der Waals surface area contributed by atoms with E-state index in [1.165, 1.54) is 18.2 Å². The zero-order valence-corrected chi connectivity index (χ0v) is 13.3. The Morgan fingerprint density at radius 3 is 2.76 bits per heavy atom. The van der Waals surface area contributed by atoms with Crippen LogP contribution in [0.25, 0.3) is 0 Å². The van der Waals surface area contributed by atoms with Crippen LogP contribution in [0.2, 0.25) is 0 Å². The predicted molar refractivity (Wildman–Crippen MR) is 95.0 cm³/mol. The van der Waals surface area contributed by atoms with Crippen LogP contribution < -0.4 is 0 Å². The van der Waals surface area contributed by atoms with E-state index in [0.717, 1.165) is 11.1 Å². The Kier molecular flexibility index (Phi) is 3.82. The van der Waals surface area contributed by atoms with Gasteiger partial charge in [0.25, 0.3) is 5.91 Å². The molecule has 1 amide bonds. The molecular weight excluding hydrogens is 317 g/mol. The Bertz CT molecular complexity index is 972. The van der Waals surface area contributed by atoms with Gasteiger partial charge in [0.05, 0.1) is 5.56 Å². The van der Waals surface area contributed by atoms with Crippen molar-refractivity contribution in [3.8, 4) is 0 Å². The highest BCUT2D eigenvalue weighted by molar-refractivity contribution is 6.16.